The molecular weight excluding hydrogens is 548 g/mol. The molecule has 0 saturated carbocycles. The summed E-state index contributed by atoms with van der Waals surface area (Å²) in [6, 6.07) is 14.2. The van der Waals surface area contributed by atoms with Crippen LogP contribution in [0.1, 0.15) is 22.8 Å². The molecule has 0 aliphatic carbocycles. The zero-order valence-corrected chi connectivity index (χ0v) is 24.4. The molecule has 3 amide bonds. The van der Waals surface area contributed by atoms with Gasteiger partial charge in [-0.05, 0) is 42.8 Å². The highest BCUT2D eigenvalue weighted by Crippen LogP contribution is 2.25. The van der Waals surface area contributed by atoms with Crippen LogP contribution >= 0.6 is 0 Å². The molecule has 1 aliphatic rings. The number of carbonyl (C=O) groups is 2. The highest BCUT2D eigenvalue weighted by Gasteiger charge is 2.23. The first kappa shape index (κ1) is 29.7. The van der Waals surface area contributed by atoms with Crippen LogP contribution in [0.15, 0.2) is 65.7 Å². The van der Waals surface area contributed by atoms with Gasteiger partial charge in [-0.1, -0.05) is 18.2 Å². The van der Waals surface area contributed by atoms with Gasteiger partial charge in [0.15, 0.2) is 0 Å². The van der Waals surface area contributed by atoms with E-state index in [0.29, 0.717) is 67.6 Å². The molecule has 0 bridgehead atoms. The van der Waals surface area contributed by atoms with Crippen molar-refractivity contribution in [3.05, 3.63) is 82.3 Å². The number of morpholine rings is 1. The Morgan fingerprint density at radius 1 is 1.02 bits per heavy atom. The molecule has 1 aromatic carbocycles. The van der Waals surface area contributed by atoms with E-state index in [1.54, 1.807) is 43.7 Å². The third-order valence-corrected chi connectivity index (χ3v) is 7.32. The van der Waals surface area contributed by atoms with Crippen LogP contribution in [0.2, 0.25) is 0 Å². The molecule has 1 saturated heterocycles. The normalized spacial score (nSPS) is 13.4. The number of aromatic nitrogens is 3. The number of nitrogens with zero attached hydrogens (tertiary/aromatic N) is 4. The first-order valence-electron chi connectivity index (χ1n) is 14.4. The summed E-state index contributed by atoms with van der Waals surface area (Å²) in [5.41, 5.74) is 3.19. The van der Waals surface area contributed by atoms with Crippen molar-refractivity contribution in [2.45, 2.75) is 20.0 Å². The van der Waals surface area contributed by atoms with E-state index >= 15 is 0 Å². The van der Waals surface area contributed by atoms with Gasteiger partial charge in [-0.2, -0.15) is 0 Å². The van der Waals surface area contributed by atoms with E-state index in [1.165, 1.54) is 0 Å². The van der Waals surface area contributed by atoms with Crippen LogP contribution in [0.3, 0.4) is 0 Å². The Bertz CT molecular complexity index is 1630. The first-order chi connectivity index (χ1) is 21.0. The molecule has 0 unspecified atom stereocenters. The van der Waals surface area contributed by atoms with Gasteiger partial charge >= 0.3 is 6.03 Å². The van der Waals surface area contributed by atoms with Gasteiger partial charge < -0.3 is 30.6 Å². The Morgan fingerprint density at radius 3 is 2.51 bits per heavy atom. The number of pyridine rings is 3. The lowest BCUT2D eigenvalue weighted by atomic mass is 10.1. The maximum atomic E-state index is 13.6. The highest BCUT2D eigenvalue weighted by molar-refractivity contribution is 6.02. The maximum Gasteiger partial charge on any atom is 0.319 e. The number of ether oxygens (including phenoxy) is 1. The molecule has 0 spiro atoms. The molecule has 0 radical (unpaired) electrons. The summed E-state index contributed by atoms with van der Waals surface area (Å²) in [5, 5.41) is 12.0. The van der Waals surface area contributed by atoms with Crippen LogP contribution in [-0.4, -0.2) is 77.8 Å². The van der Waals surface area contributed by atoms with Crippen LogP contribution in [0.4, 0.5) is 16.3 Å². The smallest absolute Gasteiger partial charge is 0.319 e. The fraction of sp³-hybridized carbons (Fsp3) is 0.323. The van der Waals surface area contributed by atoms with Gasteiger partial charge in [0.1, 0.15) is 17.0 Å². The van der Waals surface area contributed by atoms with E-state index in [9.17, 15) is 14.4 Å². The van der Waals surface area contributed by atoms with Crippen molar-refractivity contribution in [2.75, 3.05) is 57.1 Å². The van der Waals surface area contributed by atoms with E-state index in [-0.39, 0.29) is 17.0 Å². The highest BCUT2D eigenvalue weighted by atomic mass is 16.5. The minimum atomic E-state index is -0.414. The monoisotopic (exact) mass is 584 g/mol. The van der Waals surface area contributed by atoms with Crippen molar-refractivity contribution in [3.8, 4) is 11.3 Å². The number of hydrogen-bond acceptors (Lipinski definition) is 8. The second kappa shape index (κ2) is 13.9. The second-order valence-electron chi connectivity index (χ2n) is 10.1. The number of urea groups is 1. The zero-order valence-electron chi connectivity index (χ0n) is 24.4. The number of benzene rings is 1. The van der Waals surface area contributed by atoms with Crippen LogP contribution < -0.4 is 26.7 Å². The Morgan fingerprint density at radius 2 is 1.81 bits per heavy atom. The molecule has 1 aliphatic heterocycles. The molecule has 1 fully saturated rings. The lowest BCUT2D eigenvalue weighted by Crippen LogP contribution is -2.42. The molecular formula is C31H36N8O4. The van der Waals surface area contributed by atoms with E-state index in [2.05, 4.69) is 31.2 Å². The largest absolute Gasteiger partial charge is 0.379 e. The third-order valence-electron chi connectivity index (χ3n) is 7.32. The topological polar surface area (TPSA) is 143 Å². The summed E-state index contributed by atoms with van der Waals surface area (Å²) in [6.45, 7) is 6.94. The van der Waals surface area contributed by atoms with Crippen molar-refractivity contribution in [1.82, 2.24) is 30.1 Å². The summed E-state index contributed by atoms with van der Waals surface area (Å²) in [4.78, 5) is 50.3. The van der Waals surface area contributed by atoms with E-state index in [1.807, 2.05) is 35.8 Å². The molecule has 4 heterocycles. The standard InChI is InChI=1S/C31H36N8O4/c1-3-39-28-24(27(40)26(29(39)32-2)30(41)34-13-14-38-15-17-43-18-16-38)10-11-25(37-28)22-6-8-23(9-7-22)36-31(42)35-20-21-5-4-12-33-19-21/h4-12,19,32H,3,13-18,20H2,1-2H3,(H,34,41)(H2,35,36,42). The quantitative estimate of drug-likeness (QED) is 0.223. The molecule has 12 heteroatoms. The third kappa shape index (κ3) is 6.99. The average molecular weight is 585 g/mol. The fourth-order valence-corrected chi connectivity index (χ4v) is 5.08. The SMILES string of the molecule is CCn1c(NC)c(C(=O)NCCN2CCOCC2)c(=O)c2ccc(-c3ccc(NC(=O)NCc4cccnc4)cc3)nc21. The summed E-state index contributed by atoms with van der Waals surface area (Å²) in [7, 11) is 1.69. The van der Waals surface area contributed by atoms with Crippen molar-refractivity contribution < 1.29 is 14.3 Å². The molecule has 12 nitrogen and oxygen atoms in total. The number of aryl methyl sites for hydroxylation is 1. The number of rotatable bonds is 10. The number of anilines is 2. The Kier molecular flexibility index (Phi) is 9.59. The van der Waals surface area contributed by atoms with Crippen LogP contribution in [-0.2, 0) is 17.8 Å². The van der Waals surface area contributed by atoms with E-state index in [4.69, 9.17) is 9.72 Å². The second-order valence-corrected chi connectivity index (χ2v) is 10.1. The van der Waals surface area contributed by atoms with Gasteiger partial charge in [0.05, 0.1) is 24.3 Å². The summed E-state index contributed by atoms with van der Waals surface area (Å²) < 4.78 is 7.23. The molecule has 43 heavy (non-hydrogen) atoms. The summed E-state index contributed by atoms with van der Waals surface area (Å²) >= 11 is 0. The molecule has 224 valence electrons. The van der Waals surface area contributed by atoms with Crippen molar-refractivity contribution in [1.29, 1.82) is 0 Å². The first-order valence-corrected chi connectivity index (χ1v) is 14.4. The van der Waals surface area contributed by atoms with Gasteiger partial charge in [-0.15, -0.1) is 0 Å². The molecule has 5 rings (SSSR count). The molecule has 4 aromatic rings. The molecule has 0 atom stereocenters. The average Bonchev–Trinajstić information content (AvgIpc) is 3.04. The minimum absolute atomic E-state index is 0.0746. The summed E-state index contributed by atoms with van der Waals surface area (Å²) in [6.07, 6.45) is 3.38. The Labute approximate surface area is 249 Å². The van der Waals surface area contributed by atoms with Crippen molar-refractivity contribution >= 4 is 34.5 Å². The van der Waals surface area contributed by atoms with Gasteiger partial charge in [0, 0.05) is 70.0 Å². The Hall–Kier alpha value is -4.81. The zero-order chi connectivity index (χ0) is 30.2. The number of carbonyl (C=O) groups excluding carboxylic acids is 2. The van der Waals surface area contributed by atoms with Gasteiger partial charge in [0.2, 0.25) is 5.43 Å². The molecule has 3 aromatic heterocycles. The molecule has 4 N–H and O–H groups in total. The van der Waals surface area contributed by atoms with E-state index in [0.717, 1.165) is 24.2 Å². The number of amides is 3. The fourth-order valence-electron chi connectivity index (χ4n) is 5.08. The van der Waals surface area contributed by atoms with Crippen molar-refractivity contribution in [2.24, 2.45) is 0 Å². The number of hydrogen-bond donors (Lipinski definition) is 4. The maximum absolute atomic E-state index is 13.6. The lowest BCUT2D eigenvalue weighted by Gasteiger charge is -2.26. The summed E-state index contributed by atoms with van der Waals surface area (Å²) in [5.74, 6) is 0.00807. The van der Waals surface area contributed by atoms with Crippen LogP contribution in [0.25, 0.3) is 22.3 Å². The number of nitrogens with one attached hydrogen (secondary N) is 4. The van der Waals surface area contributed by atoms with Crippen LogP contribution in [0, 0.1) is 0 Å². The van der Waals surface area contributed by atoms with Crippen LogP contribution in [0.5, 0.6) is 0 Å². The Balaban J connectivity index is 1.33. The van der Waals surface area contributed by atoms with E-state index < -0.39 is 5.91 Å². The number of fused-ring (bicyclic) bond motifs is 1. The minimum Gasteiger partial charge on any atom is -0.379 e. The predicted octanol–water partition coefficient (Wildman–Crippen LogP) is 2.90. The lowest BCUT2D eigenvalue weighted by molar-refractivity contribution is 0.0383. The van der Waals surface area contributed by atoms with Gasteiger partial charge in [-0.3, -0.25) is 19.5 Å². The van der Waals surface area contributed by atoms with Gasteiger partial charge in [-0.25, -0.2) is 9.78 Å². The predicted molar refractivity (Wildman–Crippen MR) is 166 cm³/mol. The van der Waals surface area contributed by atoms with Crippen molar-refractivity contribution in [3.63, 3.8) is 0 Å². The van der Waals surface area contributed by atoms with Gasteiger partial charge in [0.25, 0.3) is 5.91 Å².